The van der Waals surface area contributed by atoms with Crippen LogP contribution in [0.5, 0.6) is 5.75 Å². The predicted octanol–water partition coefficient (Wildman–Crippen LogP) is 2.99. The molecule has 3 nitrogen and oxygen atoms in total. The van der Waals surface area contributed by atoms with Crippen molar-refractivity contribution in [1.29, 1.82) is 0 Å². The highest BCUT2D eigenvalue weighted by atomic mass is 79.9. The Hall–Kier alpha value is -1.03. The fraction of sp³-hybridized carbons (Fsp3) is 0.462. The van der Waals surface area contributed by atoms with Gasteiger partial charge in [-0.15, -0.1) is 0 Å². The van der Waals surface area contributed by atoms with Crippen LogP contribution in [0.25, 0.3) is 0 Å². The van der Waals surface area contributed by atoms with E-state index in [1.807, 2.05) is 32.9 Å². The molecule has 0 aromatic heterocycles. The lowest BCUT2D eigenvalue weighted by Gasteiger charge is -2.20. The van der Waals surface area contributed by atoms with Gasteiger partial charge in [-0.25, -0.2) is 0 Å². The highest BCUT2D eigenvalue weighted by Gasteiger charge is 2.15. The van der Waals surface area contributed by atoms with Gasteiger partial charge in [0.1, 0.15) is 5.75 Å². The van der Waals surface area contributed by atoms with Crippen LogP contribution in [0.2, 0.25) is 0 Å². The fourth-order valence-corrected chi connectivity index (χ4v) is 1.46. The Labute approximate surface area is 111 Å². The molecule has 0 atom stereocenters. The largest absolute Gasteiger partial charge is 0.493 e. The molecule has 0 unspecified atom stereocenters. The number of halogens is 1. The van der Waals surface area contributed by atoms with Gasteiger partial charge in [0.05, 0.1) is 6.61 Å². The monoisotopic (exact) mass is 299 g/mol. The second-order valence-electron chi connectivity index (χ2n) is 4.77. The zero-order chi connectivity index (χ0) is 12.9. The third-order valence-electron chi connectivity index (χ3n) is 1.93. The van der Waals surface area contributed by atoms with Crippen molar-refractivity contribution in [3.05, 3.63) is 29.8 Å². The lowest BCUT2D eigenvalue weighted by atomic mass is 10.1. The van der Waals surface area contributed by atoms with Crippen LogP contribution < -0.4 is 10.1 Å². The number of nitrogens with one attached hydrogen (secondary N) is 1. The third kappa shape index (κ3) is 5.22. The summed E-state index contributed by atoms with van der Waals surface area (Å²) in [7, 11) is 0. The van der Waals surface area contributed by atoms with E-state index < -0.39 is 0 Å². The molecule has 1 N–H and O–H groups in total. The minimum absolute atomic E-state index is 0.0817. The summed E-state index contributed by atoms with van der Waals surface area (Å²) in [5, 5.41) is 3.68. The van der Waals surface area contributed by atoms with E-state index in [9.17, 15) is 4.79 Å². The van der Waals surface area contributed by atoms with Gasteiger partial charge >= 0.3 is 0 Å². The molecule has 1 amide bonds. The van der Waals surface area contributed by atoms with Crippen molar-refractivity contribution in [2.75, 3.05) is 11.9 Å². The molecule has 0 saturated heterocycles. The maximum absolute atomic E-state index is 11.9. The summed E-state index contributed by atoms with van der Waals surface area (Å²) >= 11 is 3.29. The summed E-state index contributed by atoms with van der Waals surface area (Å²) in [6.07, 6.45) is 0. The predicted molar refractivity (Wildman–Crippen MR) is 73.0 cm³/mol. The van der Waals surface area contributed by atoms with Crippen LogP contribution in [0.4, 0.5) is 0 Å². The molecular weight excluding hydrogens is 282 g/mol. The zero-order valence-corrected chi connectivity index (χ0v) is 12.0. The van der Waals surface area contributed by atoms with Crippen LogP contribution in [0.1, 0.15) is 31.1 Å². The quantitative estimate of drug-likeness (QED) is 0.868. The Morgan fingerprint density at radius 2 is 2.12 bits per heavy atom. The van der Waals surface area contributed by atoms with E-state index in [1.165, 1.54) is 0 Å². The maximum Gasteiger partial charge on any atom is 0.251 e. The van der Waals surface area contributed by atoms with E-state index in [1.54, 1.807) is 12.1 Å². The molecule has 0 radical (unpaired) electrons. The minimum atomic E-state index is -0.232. The molecule has 0 fully saturated rings. The van der Waals surface area contributed by atoms with Gasteiger partial charge in [-0.3, -0.25) is 4.79 Å². The van der Waals surface area contributed by atoms with Crippen molar-refractivity contribution in [2.45, 2.75) is 26.3 Å². The summed E-state index contributed by atoms with van der Waals surface area (Å²) in [6, 6.07) is 7.20. The topological polar surface area (TPSA) is 38.3 Å². The van der Waals surface area contributed by atoms with Crippen LogP contribution in [0.15, 0.2) is 24.3 Å². The van der Waals surface area contributed by atoms with Crippen molar-refractivity contribution >= 4 is 21.8 Å². The number of rotatable bonds is 4. The number of carbonyl (C=O) groups is 1. The number of benzene rings is 1. The molecule has 0 aliphatic heterocycles. The molecule has 0 saturated carbocycles. The minimum Gasteiger partial charge on any atom is -0.493 e. The summed E-state index contributed by atoms with van der Waals surface area (Å²) in [5.41, 5.74) is 0.385. The highest BCUT2D eigenvalue weighted by molar-refractivity contribution is 9.09. The zero-order valence-electron chi connectivity index (χ0n) is 10.4. The van der Waals surface area contributed by atoms with E-state index in [0.29, 0.717) is 17.9 Å². The molecular formula is C13H18BrNO2. The highest BCUT2D eigenvalue weighted by Crippen LogP contribution is 2.14. The van der Waals surface area contributed by atoms with Gasteiger partial charge in [-0.05, 0) is 39.0 Å². The Balaban J connectivity index is 2.74. The first-order chi connectivity index (χ1) is 7.92. The second-order valence-corrected chi connectivity index (χ2v) is 5.56. The Bertz CT molecular complexity index is 385. The van der Waals surface area contributed by atoms with Crippen LogP contribution in [-0.4, -0.2) is 23.4 Å². The average Bonchev–Trinajstić information content (AvgIpc) is 2.24. The number of carbonyl (C=O) groups excluding carboxylic acids is 1. The molecule has 0 bridgehead atoms. The molecule has 0 spiro atoms. The SMILES string of the molecule is CC(C)(C)NC(=O)c1cccc(OCCBr)c1. The van der Waals surface area contributed by atoms with Gasteiger partial charge < -0.3 is 10.1 Å². The number of alkyl halides is 1. The van der Waals surface area contributed by atoms with Crippen LogP contribution >= 0.6 is 15.9 Å². The van der Waals surface area contributed by atoms with E-state index in [-0.39, 0.29) is 11.4 Å². The molecule has 0 aliphatic carbocycles. The standard InChI is InChI=1S/C13H18BrNO2/c1-13(2,3)15-12(16)10-5-4-6-11(9-10)17-8-7-14/h4-6,9H,7-8H2,1-3H3,(H,15,16). The fourth-order valence-electron chi connectivity index (χ4n) is 1.30. The first kappa shape index (κ1) is 14.0. The van der Waals surface area contributed by atoms with Gasteiger partial charge in [-0.2, -0.15) is 0 Å². The van der Waals surface area contributed by atoms with E-state index >= 15 is 0 Å². The smallest absolute Gasteiger partial charge is 0.251 e. The van der Waals surface area contributed by atoms with Gasteiger partial charge in [0, 0.05) is 16.4 Å². The first-order valence-corrected chi connectivity index (χ1v) is 6.66. The Kier molecular flexibility index (Phi) is 5.00. The van der Waals surface area contributed by atoms with Crippen molar-refractivity contribution in [1.82, 2.24) is 5.32 Å². The Morgan fingerprint density at radius 3 is 2.71 bits per heavy atom. The summed E-state index contributed by atoms with van der Waals surface area (Å²) in [5.74, 6) is 0.632. The average molecular weight is 300 g/mol. The van der Waals surface area contributed by atoms with Crippen LogP contribution in [-0.2, 0) is 0 Å². The first-order valence-electron chi connectivity index (χ1n) is 5.54. The van der Waals surface area contributed by atoms with Crippen molar-refractivity contribution in [2.24, 2.45) is 0 Å². The lowest BCUT2D eigenvalue weighted by molar-refractivity contribution is 0.0919. The molecule has 0 heterocycles. The van der Waals surface area contributed by atoms with E-state index in [4.69, 9.17) is 4.74 Å². The van der Waals surface area contributed by atoms with E-state index in [2.05, 4.69) is 21.2 Å². The van der Waals surface area contributed by atoms with Gasteiger partial charge in [0.25, 0.3) is 5.91 Å². The molecule has 17 heavy (non-hydrogen) atoms. The summed E-state index contributed by atoms with van der Waals surface area (Å²) < 4.78 is 5.45. The Morgan fingerprint density at radius 1 is 1.41 bits per heavy atom. The van der Waals surface area contributed by atoms with Gasteiger partial charge in [0.15, 0.2) is 0 Å². The lowest BCUT2D eigenvalue weighted by Crippen LogP contribution is -2.40. The van der Waals surface area contributed by atoms with Gasteiger partial charge in [-0.1, -0.05) is 22.0 Å². The van der Waals surface area contributed by atoms with Crippen molar-refractivity contribution in [3.63, 3.8) is 0 Å². The summed E-state index contributed by atoms with van der Waals surface area (Å²) in [6.45, 7) is 6.45. The normalized spacial score (nSPS) is 11.1. The summed E-state index contributed by atoms with van der Waals surface area (Å²) in [4.78, 5) is 11.9. The molecule has 94 valence electrons. The molecule has 1 aromatic carbocycles. The molecule has 4 heteroatoms. The second kappa shape index (κ2) is 6.05. The third-order valence-corrected chi connectivity index (χ3v) is 2.25. The van der Waals surface area contributed by atoms with Crippen molar-refractivity contribution < 1.29 is 9.53 Å². The molecule has 1 aromatic rings. The van der Waals surface area contributed by atoms with Crippen LogP contribution in [0.3, 0.4) is 0 Å². The number of hydrogen-bond donors (Lipinski definition) is 1. The number of ether oxygens (including phenoxy) is 1. The van der Waals surface area contributed by atoms with Crippen molar-refractivity contribution in [3.8, 4) is 5.75 Å². The number of amides is 1. The van der Waals surface area contributed by atoms with Gasteiger partial charge in [0.2, 0.25) is 0 Å². The molecule has 0 aliphatic rings. The van der Waals surface area contributed by atoms with E-state index in [0.717, 1.165) is 5.33 Å². The number of hydrogen-bond acceptors (Lipinski definition) is 2. The molecule has 1 rings (SSSR count). The van der Waals surface area contributed by atoms with Crippen LogP contribution in [0, 0.1) is 0 Å². The maximum atomic E-state index is 11.9.